The summed E-state index contributed by atoms with van der Waals surface area (Å²) in [6.45, 7) is 6.73. The highest BCUT2D eigenvalue weighted by molar-refractivity contribution is 7.94. The first-order chi connectivity index (χ1) is 10.2. The van der Waals surface area contributed by atoms with Crippen LogP contribution in [0.5, 0.6) is 0 Å². The lowest BCUT2D eigenvalue weighted by atomic mass is 9.84. The minimum Gasteiger partial charge on any atom is -0.355 e. The molecular weight excluding hydrogens is 298 g/mol. The van der Waals surface area contributed by atoms with Gasteiger partial charge in [-0.3, -0.25) is 4.79 Å². The molecule has 1 atom stereocenters. The summed E-state index contributed by atoms with van der Waals surface area (Å²) in [6, 6.07) is 8.28. The van der Waals surface area contributed by atoms with Gasteiger partial charge in [0.05, 0.1) is 5.75 Å². The van der Waals surface area contributed by atoms with Gasteiger partial charge >= 0.3 is 0 Å². The number of sulfone groups is 1. The predicted molar refractivity (Wildman–Crippen MR) is 88.2 cm³/mol. The van der Waals surface area contributed by atoms with E-state index in [0.29, 0.717) is 6.54 Å². The van der Waals surface area contributed by atoms with E-state index < -0.39 is 9.84 Å². The maximum atomic E-state index is 12.0. The number of carbonyl (C=O) groups is 1. The highest BCUT2D eigenvalue weighted by Gasteiger charge is 2.25. The molecule has 1 heterocycles. The average molecular weight is 321 g/mol. The van der Waals surface area contributed by atoms with E-state index in [1.165, 1.54) is 16.5 Å². The first-order valence-electron chi connectivity index (χ1n) is 7.43. The predicted octanol–water partition coefficient (Wildman–Crippen LogP) is 2.34. The number of hydrogen-bond acceptors (Lipinski definition) is 3. The van der Waals surface area contributed by atoms with E-state index in [2.05, 4.69) is 43.4 Å². The van der Waals surface area contributed by atoms with E-state index in [1.54, 1.807) is 6.08 Å². The smallest absolute Gasteiger partial charge is 0.220 e. The van der Waals surface area contributed by atoms with E-state index in [9.17, 15) is 13.2 Å². The van der Waals surface area contributed by atoms with Crippen molar-refractivity contribution in [3.8, 4) is 0 Å². The molecule has 1 aliphatic heterocycles. The molecule has 0 fully saturated rings. The Hall–Kier alpha value is -1.62. The standard InChI is InChI=1S/C17H23NO3S/c1-13-4-6-15(7-5-13)17(2,3)12-18-16(19)10-14-8-9-22(20,21)11-14/h4-9,14H,10-12H2,1-3H3,(H,18,19). The molecule has 120 valence electrons. The van der Waals surface area contributed by atoms with Gasteiger partial charge in [0.25, 0.3) is 0 Å². The number of amides is 1. The Morgan fingerprint density at radius 1 is 1.27 bits per heavy atom. The molecule has 1 amide bonds. The van der Waals surface area contributed by atoms with Crippen LogP contribution in [0.1, 0.15) is 31.4 Å². The van der Waals surface area contributed by atoms with Crippen LogP contribution in [0.25, 0.3) is 0 Å². The number of nitrogens with one attached hydrogen (secondary N) is 1. The molecule has 1 N–H and O–H groups in total. The fourth-order valence-electron chi connectivity index (χ4n) is 2.50. The van der Waals surface area contributed by atoms with Crippen LogP contribution < -0.4 is 5.32 Å². The summed E-state index contributed by atoms with van der Waals surface area (Å²) in [4.78, 5) is 12.0. The third-order valence-corrected chi connectivity index (χ3v) is 5.48. The highest BCUT2D eigenvalue weighted by atomic mass is 32.2. The Morgan fingerprint density at radius 2 is 1.91 bits per heavy atom. The van der Waals surface area contributed by atoms with Gasteiger partial charge in [-0.15, -0.1) is 0 Å². The summed E-state index contributed by atoms with van der Waals surface area (Å²) in [5.41, 5.74) is 2.21. The Kier molecular flexibility index (Phi) is 4.75. The fraction of sp³-hybridized carbons (Fsp3) is 0.471. The van der Waals surface area contributed by atoms with Gasteiger partial charge in [-0.25, -0.2) is 8.42 Å². The molecule has 1 unspecified atom stereocenters. The zero-order chi connectivity index (χ0) is 16.4. The summed E-state index contributed by atoms with van der Waals surface area (Å²) >= 11 is 0. The maximum absolute atomic E-state index is 12.0. The molecule has 0 aromatic heterocycles. The molecule has 1 aliphatic rings. The SMILES string of the molecule is Cc1ccc(C(C)(C)CNC(=O)CC2C=CS(=O)(=O)C2)cc1. The van der Waals surface area contributed by atoms with Gasteiger partial charge in [-0.2, -0.15) is 0 Å². The Morgan fingerprint density at radius 3 is 2.45 bits per heavy atom. The number of aryl methyl sites for hydroxylation is 1. The van der Waals surface area contributed by atoms with Crippen LogP contribution in [0.2, 0.25) is 0 Å². The Balaban J connectivity index is 1.88. The normalized spacial score (nSPS) is 20.0. The molecule has 0 saturated heterocycles. The zero-order valence-electron chi connectivity index (χ0n) is 13.3. The first-order valence-corrected chi connectivity index (χ1v) is 9.14. The minimum atomic E-state index is -3.09. The zero-order valence-corrected chi connectivity index (χ0v) is 14.1. The monoisotopic (exact) mass is 321 g/mol. The molecule has 0 bridgehead atoms. The first kappa shape index (κ1) is 16.7. The van der Waals surface area contributed by atoms with E-state index in [0.717, 1.165) is 0 Å². The second kappa shape index (κ2) is 6.24. The van der Waals surface area contributed by atoms with Crippen LogP contribution in [0.3, 0.4) is 0 Å². The summed E-state index contributed by atoms with van der Waals surface area (Å²) in [5.74, 6) is -0.263. The van der Waals surface area contributed by atoms with Gasteiger partial charge in [0.1, 0.15) is 0 Å². The average Bonchev–Trinajstić information content (AvgIpc) is 2.76. The molecule has 0 spiro atoms. The molecule has 0 saturated carbocycles. The maximum Gasteiger partial charge on any atom is 0.220 e. The lowest BCUT2D eigenvalue weighted by Gasteiger charge is -2.26. The van der Waals surface area contributed by atoms with Crippen LogP contribution in [0.4, 0.5) is 0 Å². The quantitative estimate of drug-likeness (QED) is 0.905. The number of hydrogen-bond donors (Lipinski definition) is 1. The van der Waals surface area contributed by atoms with Crippen molar-refractivity contribution in [1.29, 1.82) is 0 Å². The third kappa shape index (κ3) is 4.44. The molecule has 5 heteroatoms. The number of rotatable bonds is 5. The van der Waals surface area contributed by atoms with Crippen LogP contribution in [-0.4, -0.2) is 26.6 Å². The van der Waals surface area contributed by atoms with Crippen molar-refractivity contribution < 1.29 is 13.2 Å². The van der Waals surface area contributed by atoms with Crippen molar-refractivity contribution in [3.63, 3.8) is 0 Å². The van der Waals surface area contributed by atoms with E-state index >= 15 is 0 Å². The van der Waals surface area contributed by atoms with Crippen LogP contribution in [0, 0.1) is 12.8 Å². The van der Waals surface area contributed by atoms with Crippen molar-refractivity contribution in [2.45, 2.75) is 32.6 Å². The Bertz CT molecular complexity index is 672. The summed E-state index contributed by atoms with van der Waals surface area (Å²) < 4.78 is 22.7. The van der Waals surface area contributed by atoms with Gasteiger partial charge in [0.2, 0.25) is 5.91 Å². The number of carbonyl (C=O) groups excluding carboxylic acids is 1. The van der Waals surface area contributed by atoms with Gasteiger partial charge < -0.3 is 5.32 Å². The van der Waals surface area contributed by atoms with Gasteiger partial charge in [0, 0.05) is 29.7 Å². The van der Waals surface area contributed by atoms with Gasteiger partial charge in [0.15, 0.2) is 9.84 Å². The lowest BCUT2D eigenvalue weighted by Crippen LogP contribution is -2.37. The van der Waals surface area contributed by atoms with E-state index in [-0.39, 0.29) is 29.4 Å². The van der Waals surface area contributed by atoms with E-state index in [1.807, 2.05) is 6.92 Å². The van der Waals surface area contributed by atoms with Crippen molar-refractivity contribution in [2.75, 3.05) is 12.3 Å². The highest BCUT2D eigenvalue weighted by Crippen LogP contribution is 2.23. The minimum absolute atomic E-state index is 0.0434. The van der Waals surface area contributed by atoms with Crippen LogP contribution in [0.15, 0.2) is 35.7 Å². The second-order valence-electron chi connectivity index (χ2n) is 6.65. The molecule has 1 aromatic rings. The van der Waals surface area contributed by atoms with Crippen molar-refractivity contribution >= 4 is 15.7 Å². The lowest BCUT2D eigenvalue weighted by molar-refractivity contribution is -0.121. The molecule has 0 aliphatic carbocycles. The summed E-state index contributed by atoms with van der Waals surface area (Å²) in [6.07, 6.45) is 1.83. The molecule has 4 nitrogen and oxygen atoms in total. The fourth-order valence-corrected chi connectivity index (χ4v) is 3.90. The molecule has 2 rings (SSSR count). The molecule has 0 radical (unpaired) electrons. The summed E-state index contributed by atoms with van der Waals surface area (Å²) in [5, 5.41) is 4.13. The van der Waals surface area contributed by atoms with Crippen LogP contribution in [-0.2, 0) is 20.0 Å². The Labute approximate surface area is 132 Å². The largest absolute Gasteiger partial charge is 0.355 e. The summed E-state index contributed by atoms with van der Waals surface area (Å²) in [7, 11) is -3.09. The van der Waals surface area contributed by atoms with Crippen molar-refractivity contribution in [2.24, 2.45) is 5.92 Å². The van der Waals surface area contributed by atoms with Crippen molar-refractivity contribution in [3.05, 3.63) is 46.9 Å². The third-order valence-electron chi connectivity index (χ3n) is 4.01. The van der Waals surface area contributed by atoms with Crippen molar-refractivity contribution in [1.82, 2.24) is 5.32 Å². The topological polar surface area (TPSA) is 63.2 Å². The van der Waals surface area contributed by atoms with Crippen LogP contribution >= 0.6 is 0 Å². The van der Waals surface area contributed by atoms with Gasteiger partial charge in [-0.05, 0) is 12.5 Å². The van der Waals surface area contributed by atoms with E-state index in [4.69, 9.17) is 0 Å². The second-order valence-corrected chi connectivity index (χ2v) is 8.58. The molecule has 22 heavy (non-hydrogen) atoms. The molecular formula is C17H23NO3S. The van der Waals surface area contributed by atoms with Gasteiger partial charge in [-0.1, -0.05) is 49.8 Å². The molecule has 1 aromatic carbocycles. The number of benzene rings is 1. The number of allylic oxidation sites excluding steroid dienone is 1.